The summed E-state index contributed by atoms with van der Waals surface area (Å²) in [4.78, 5) is 31.5. The van der Waals surface area contributed by atoms with Crippen LogP contribution in [0.3, 0.4) is 0 Å². The average molecular weight is 506 g/mol. The number of esters is 1. The first-order valence-corrected chi connectivity index (χ1v) is 13.2. The summed E-state index contributed by atoms with van der Waals surface area (Å²) < 4.78 is 5.47. The smallest absolute Gasteiger partial charge is 0.320 e. The van der Waals surface area contributed by atoms with Crippen LogP contribution in [0.5, 0.6) is 0 Å². The lowest BCUT2D eigenvalue weighted by molar-refractivity contribution is -0.156. The quantitative estimate of drug-likeness (QED) is 0.353. The molecule has 2 heterocycles. The fourth-order valence-corrected chi connectivity index (χ4v) is 4.93. The van der Waals surface area contributed by atoms with Crippen LogP contribution >= 0.6 is 0 Å². The van der Waals surface area contributed by atoms with E-state index in [4.69, 9.17) is 4.74 Å². The maximum atomic E-state index is 12.1. The van der Waals surface area contributed by atoms with Crippen LogP contribution in [0.1, 0.15) is 49.5 Å². The van der Waals surface area contributed by atoms with Gasteiger partial charge in [-0.3, -0.25) is 19.4 Å². The van der Waals surface area contributed by atoms with Crippen molar-refractivity contribution in [2.24, 2.45) is 5.10 Å². The normalized spacial score (nSPS) is 18.2. The van der Waals surface area contributed by atoms with E-state index in [1.165, 1.54) is 5.69 Å². The molecule has 0 bridgehead atoms. The highest BCUT2D eigenvalue weighted by Gasteiger charge is 2.29. The lowest BCUT2D eigenvalue weighted by atomic mass is 10.0. The first kappa shape index (κ1) is 26.8. The van der Waals surface area contributed by atoms with Gasteiger partial charge in [-0.05, 0) is 63.4 Å². The number of anilines is 1. The van der Waals surface area contributed by atoms with Crippen molar-refractivity contribution in [3.8, 4) is 0 Å². The zero-order valence-electron chi connectivity index (χ0n) is 22.2. The third-order valence-corrected chi connectivity index (χ3v) is 6.83. The van der Waals surface area contributed by atoms with Crippen LogP contribution in [0.4, 0.5) is 5.69 Å². The summed E-state index contributed by atoms with van der Waals surface area (Å²) in [5.74, 6) is -0.353. The maximum absolute atomic E-state index is 12.1. The third-order valence-electron chi connectivity index (χ3n) is 6.83. The predicted molar refractivity (Wildman–Crippen MR) is 147 cm³/mol. The topological polar surface area (TPSA) is 77.5 Å². The molecule has 0 aromatic heterocycles. The van der Waals surface area contributed by atoms with Gasteiger partial charge in [-0.25, -0.2) is 5.43 Å². The number of carbonyl (C=O) groups excluding carboxylic acids is 2. The molecular formula is C29H39N5O3. The van der Waals surface area contributed by atoms with Gasteiger partial charge >= 0.3 is 5.97 Å². The van der Waals surface area contributed by atoms with Gasteiger partial charge in [0, 0.05) is 56.6 Å². The van der Waals surface area contributed by atoms with E-state index in [2.05, 4.69) is 37.4 Å². The molecule has 8 nitrogen and oxygen atoms in total. The fourth-order valence-electron chi connectivity index (χ4n) is 4.93. The monoisotopic (exact) mass is 505 g/mol. The van der Waals surface area contributed by atoms with Crippen molar-refractivity contribution >= 4 is 23.8 Å². The minimum absolute atomic E-state index is 0.131. The number of nitrogens with zero attached hydrogens (tertiary/aromatic N) is 4. The molecule has 37 heavy (non-hydrogen) atoms. The number of hydrogen-bond acceptors (Lipinski definition) is 7. The molecule has 2 aromatic rings. The van der Waals surface area contributed by atoms with E-state index in [-0.39, 0.29) is 11.9 Å². The van der Waals surface area contributed by atoms with Crippen LogP contribution in [0.2, 0.25) is 0 Å². The number of amides is 1. The lowest BCUT2D eigenvalue weighted by Crippen LogP contribution is -2.53. The Bertz CT molecular complexity index is 1050. The summed E-state index contributed by atoms with van der Waals surface area (Å²) in [7, 11) is 0. The maximum Gasteiger partial charge on any atom is 0.320 e. The first-order chi connectivity index (χ1) is 17.8. The van der Waals surface area contributed by atoms with Crippen molar-refractivity contribution in [2.75, 3.05) is 50.7 Å². The molecular weight excluding hydrogens is 466 g/mol. The SMILES string of the molecule is CC(C)(C)OC(=O)CN1CCC(N2CCN(c3ccc(C=NNC(=O)c4ccccc4)cc3)CC2)CC1. The molecule has 0 aliphatic carbocycles. The van der Waals surface area contributed by atoms with Crippen molar-refractivity contribution in [3.63, 3.8) is 0 Å². The van der Waals surface area contributed by atoms with Gasteiger partial charge < -0.3 is 9.64 Å². The molecule has 0 unspecified atom stereocenters. The Balaban J connectivity index is 1.18. The third kappa shape index (κ3) is 8.13. The summed E-state index contributed by atoms with van der Waals surface area (Å²) >= 11 is 0. The molecule has 0 saturated carbocycles. The van der Waals surface area contributed by atoms with E-state index in [9.17, 15) is 9.59 Å². The Labute approximate surface area is 220 Å². The summed E-state index contributed by atoms with van der Waals surface area (Å²) in [6, 6.07) is 17.9. The molecule has 0 spiro atoms. The van der Waals surface area contributed by atoms with Crippen LogP contribution in [-0.4, -0.2) is 85.3 Å². The average Bonchev–Trinajstić information content (AvgIpc) is 2.89. The minimum Gasteiger partial charge on any atom is -0.459 e. The van der Waals surface area contributed by atoms with E-state index in [0.717, 1.165) is 57.7 Å². The van der Waals surface area contributed by atoms with Crippen molar-refractivity contribution in [3.05, 3.63) is 65.7 Å². The van der Waals surface area contributed by atoms with Gasteiger partial charge in [0.15, 0.2) is 0 Å². The van der Waals surface area contributed by atoms with Gasteiger partial charge in [-0.2, -0.15) is 5.10 Å². The van der Waals surface area contributed by atoms with E-state index in [1.54, 1.807) is 18.3 Å². The zero-order valence-corrected chi connectivity index (χ0v) is 22.2. The van der Waals surface area contributed by atoms with Crippen molar-refractivity contribution in [2.45, 2.75) is 45.3 Å². The molecule has 198 valence electrons. The largest absolute Gasteiger partial charge is 0.459 e. The van der Waals surface area contributed by atoms with Crippen LogP contribution in [-0.2, 0) is 9.53 Å². The Kier molecular flexibility index (Phi) is 8.95. The second-order valence-electron chi connectivity index (χ2n) is 10.8. The molecule has 0 radical (unpaired) electrons. The van der Waals surface area contributed by atoms with E-state index < -0.39 is 5.60 Å². The lowest BCUT2D eigenvalue weighted by Gasteiger charge is -2.43. The molecule has 4 rings (SSSR count). The Hall–Kier alpha value is -3.23. The molecule has 1 N–H and O–H groups in total. The number of hydrazone groups is 1. The minimum atomic E-state index is -0.427. The highest BCUT2D eigenvalue weighted by molar-refractivity contribution is 5.94. The van der Waals surface area contributed by atoms with Gasteiger partial charge in [-0.1, -0.05) is 30.3 Å². The van der Waals surface area contributed by atoms with Gasteiger partial charge in [0.05, 0.1) is 12.8 Å². The summed E-state index contributed by atoms with van der Waals surface area (Å²) in [6.45, 7) is 12.1. The van der Waals surface area contributed by atoms with Crippen LogP contribution in [0.25, 0.3) is 0 Å². The predicted octanol–water partition coefficient (Wildman–Crippen LogP) is 3.38. The fraction of sp³-hybridized carbons (Fsp3) is 0.483. The Morgan fingerprint density at radius 1 is 0.946 bits per heavy atom. The first-order valence-electron chi connectivity index (χ1n) is 13.2. The van der Waals surface area contributed by atoms with Gasteiger partial charge in [-0.15, -0.1) is 0 Å². The number of ether oxygens (including phenoxy) is 1. The molecule has 1 amide bonds. The highest BCUT2D eigenvalue weighted by atomic mass is 16.6. The zero-order chi connectivity index (χ0) is 26.3. The molecule has 2 saturated heterocycles. The highest BCUT2D eigenvalue weighted by Crippen LogP contribution is 2.22. The van der Waals surface area contributed by atoms with Crippen molar-refractivity contribution in [1.29, 1.82) is 0 Å². The molecule has 2 aromatic carbocycles. The Morgan fingerprint density at radius 3 is 2.22 bits per heavy atom. The number of nitrogens with one attached hydrogen (secondary N) is 1. The number of piperidine rings is 1. The molecule has 8 heteroatoms. The molecule has 2 aliphatic rings. The molecule has 0 atom stereocenters. The van der Waals surface area contributed by atoms with Gasteiger partial charge in [0.2, 0.25) is 0 Å². The number of hydrogen-bond donors (Lipinski definition) is 1. The number of likely N-dealkylation sites (tertiary alicyclic amines) is 1. The Morgan fingerprint density at radius 2 is 1.59 bits per heavy atom. The van der Waals surface area contributed by atoms with Crippen LogP contribution < -0.4 is 10.3 Å². The molecule has 2 fully saturated rings. The molecule has 2 aliphatic heterocycles. The van der Waals surface area contributed by atoms with Crippen molar-refractivity contribution < 1.29 is 14.3 Å². The van der Waals surface area contributed by atoms with E-state index in [1.807, 2.05) is 51.1 Å². The van der Waals surface area contributed by atoms with Crippen molar-refractivity contribution in [1.82, 2.24) is 15.2 Å². The number of piperazine rings is 1. The van der Waals surface area contributed by atoms with E-state index >= 15 is 0 Å². The summed E-state index contributed by atoms with van der Waals surface area (Å²) in [5, 5.41) is 4.08. The van der Waals surface area contributed by atoms with E-state index in [0.29, 0.717) is 18.2 Å². The summed E-state index contributed by atoms with van der Waals surface area (Å²) in [6.07, 6.45) is 3.85. The van der Waals surface area contributed by atoms with Gasteiger partial charge in [0.1, 0.15) is 5.60 Å². The number of carbonyl (C=O) groups is 2. The van der Waals surface area contributed by atoms with Crippen LogP contribution in [0, 0.1) is 0 Å². The standard InChI is InChI=1S/C29H39N5O3/c1-29(2,3)37-27(35)22-32-15-13-26(14-16-32)34-19-17-33(18-20-34)25-11-9-23(10-12-25)21-30-31-28(36)24-7-5-4-6-8-24/h4-12,21,26H,13-20,22H2,1-3H3,(H,31,36). The second kappa shape index (κ2) is 12.3. The van der Waals surface area contributed by atoms with Crippen LogP contribution in [0.15, 0.2) is 59.7 Å². The number of benzene rings is 2. The van der Waals surface area contributed by atoms with Gasteiger partial charge in [0.25, 0.3) is 5.91 Å². The number of rotatable bonds is 7. The second-order valence-corrected chi connectivity index (χ2v) is 10.8. The summed E-state index contributed by atoms with van der Waals surface area (Å²) in [5.41, 5.74) is 4.87.